The van der Waals surface area contributed by atoms with E-state index in [0.717, 1.165) is 11.6 Å². The van der Waals surface area contributed by atoms with Crippen LogP contribution in [0.4, 0.5) is 17.6 Å². The third-order valence-electron chi connectivity index (χ3n) is 5.83. The highest BCUT2D eigenvalue weighted by Gasteiger charge is 2.33. The molecule has 0 saturated carbocycles. The van der Waals surface area contributed by atoms with Crippen molar-refractivity contribution in [2.75, 3.05) is 0 Å². The summed E-state index contributed by atoms with van der Waals surface area (Å²) < 4.78 is 59.6. The van der Waals surface area contributed by atoms with E-state index in [0.29, 0.717) is 5.56 Å². The molecule has 3 aromatic carbocycles. The summed E-state index contributed by atoms with van der Waals surface area (Å²) in [5.74, 6) is -0.672. The van der Waals surface area contributed by atoms with Crippen molar-refractivity contribution in [1.82, 2.24) is 15.2 Å². The van der Waals surface area contributed by atoms with Crippen LogP contribution in [0, 0.1) is 5.82 Å². The highest BCUT2D eigenvalue weighted by atomic mass is 19.4. The predicted octanol–water partition coefficient (Wildman–Crippen LogP) is 6.53. The van der Waals surface area contributed by atoms with E-state index in [1.165, 1.54) is 30.5 Å². The Bertz CT molecular complexity index is 1320. The van der Waals surface area contributed by atoms with E-state index < -0.39 is 23.5 Å². The molecule has 1 heterocycles. The number of benzene rings is 3. The zero-order valence-electron chi connectivity index (χ0n) is 20.0. The van der Waals surface area contributed by atoms with Crippen molar-refractivity contribution >= 4 is 5.91 Å². The molecule has 192 valence electrons. The summed E-state index contributed by atoms with van der Waals surface area (Å²) in [6.07, 6.45) is -3.29. The molecule has 4 aromatic rings. The second-order valence-electron chi connectivity index (χ2n) is 8.66. The lowest BCUT2D eigenvalue weighted by atomic mass is 10.1. The van der Waals surface area contributed by atoms with Gasteiger partial charge in [-0.05, 0) is 41.8 Å². The normalized spacial score (nSPS) is 12.5. The first-order chi connectivity index (χ1) is 17.7. The molecule has 0 fully saturated rings. The van der Waals surface area contributed by atoms with Gasteiger partial charge in [0.1, 0.15) is 12.1 Å². The first-order valence-electron chi connectivity index (χ1n) is 11.6. The van der Waals surface area contributed by atoms with E-state index in [1.54, 1.807) is 23.1 Å². The molecular formula is C28H25F4N3O2. The van der Waals surface area contributed by atoms with Crippen LogP contribution in [0.2, 0.25) is 0 Å². The first kappa shape index (κ1) is 26.1. The van der Waals surface area contributed by atoms with E-state index in [2.05, 4.69) is 10.3 Å². The summed E-state index contributed by atoms with van der Waals surface area (Å²) in [7, 11) is 0. The number of carbonyl (C=O) groups excluding carboxylic acids is 1. The Labute approximate surface area is 211 Å². The maximum atomic E-state index is 13.6. The summed E-state index contributed by atoms with van der Waals surface area (Å²) in [6, 6.07) is 20.2. The molecule has 0 bridgehead atoms. The second kappa shape index (κ2) is 11.4. The van der Waals surface area contributed by atoms with Crippen molar-refractivity contribution in [3.63, 3.8) is 0 Å². The van der Waals surface area contributed by atoms with E-state index in [1.807, 2.05) is 37.3 Å². The molecule has 0 spiro atoms. The molecule has 0 radical (unpaired) electrons. The van der Waals surface area contributed by atoms with Crippen molar-refractivity contribution in [3.8, 4) is 0 Å². The molecule has 9 heteroatoms. The molecule has 1 aromatic heterocycles. The van der Waals surface area contributed by atoms with E-state index in [4.69, 9.17) is 4.42 Å². The lowest BCUT2D eigenvalue weighted by Crippen LogP contribution is -2.27. The van der Waals surface area contributed by atoms with Crippen LogP contribution in [0.1, 0.15) is 51.6 Å². The van der Waals surface area contributed by atoms with Gasteiger partial charge in [0.25, 0.3) is 5.91 Å². The highest BCUT2D eigenvalue weighted by Crippen LogP contribution is 2.32. The van der Waals surface area contributed by atoms with Gasteiger partial charge in [-0.2, -0.15) is 13.2 Å². The number of hydrogen-bond donors (Lipinski definition) is 1. The molecular weight excluding hydrogens is 486 g/mol. The number of nitrogens with one attached hydrogen (secondary N) is 1. The summed E-state index contributed by atoms with van der Waals surface area (Å²) in [5.41, 5.74) is 1.04. The van der Waals surface area contributed by atoms with Crippen LogP contribution < -0.4 is 5.32 Å². The van der Waals surface area contributed by atoms with Gasteiger partial charge in [0.05, 0.1) is 18.2 Å². The largest absolute Gasteiger partial charge is 0.447 e. The first-order valence-corrected chi connectivity index (χ1v) is 11.6. The van der Waals surface area contributed by atoms with Gasteiger partial charge in [-0.3, -0.25) is 9.69 Å². The Morgan fingerprint density at radius 1 is 0.946 bits per heavy atom. The Morgan fingerprint density at radius 2 is 1.62 bits per heavy atom. The van der Waals surface area contributed by atoms with Gasteiger partial charge >= 0.3 is 6.18 Å². The minimum Gasteiger partial charge on any atom is -0.447 e. The lowest BCUT2D eigenvalue weighted by Gasteiger charge is -2.23. The minimum atomic E-state index is -4.51. The highest BCUT2D eigenvalue weighted by molar-refractivity contribution is 5.92. The molecule has 1 N–H and O–H groups in total. The molecule has 0 saturated heterocycles. The fraction of sp³-hybridized carbons (Fsp3) is 0.214. The van der Waals surface area contributed by atoms with Crippen LogP contribution in [0.3, 0.4) is 0 Å². The molecule has 0 aliphatic heterocycles. The van der Waals surface area contributed by atoms with Gasteiger partial charge in [-0.25, -0.2) is 9.37 Å². The fourth-order valence-corrected chi connectivity index (χ4v) is 3.97. The Hall–Kier alpha value is -3.98. The maximum Gasteiger partial charge on any atom is 0.416 e. The number of alkyl halides is 3. The fourth-order valence-electron chi connectivity index (χ4n) is 3.97. The third-order valence-corrected chi connectivity index (χ3v) is 5.83. The monoisotopic (exact) mass is 511 g/mol. The van der Waals surface area contributed by atoms with Crippen molar-refractivity contribution < 1.29 is 26.8 Å². The number of nitrogens with zero attached hydrogens (tertiary/aromatic N) is 2. The molecule has 0 aliphatic carbocycles. The van der Waals surface area contributed by atoms with Crippen LogP contribution in [-0.4, -0.2) is 15.8 Å². The molecule has 37 heavy (non-hydrogen) atoms. The molecule has 1 unspecified atom stereocenters. The van der Waals surface area contributed by atoms with Gasteiger partial charge in [0, 0.05) is 13.1 Å². The van der Waals surface area contributed by atoms with Crippen LogP contribution in [-0.2, 0) is 25.8 Å². The SMILES string of the molecule is CC(NC(=O)c1coc(CN(Cc2ccc(F)cc2)Cc2ccccc2C(F)(F)F)n1)c1ccccc1. The van der Waals surface area contributed by atoms with Crippen LogP contribution in [0.25, 0.3) is 0 Å². The van der Waals surface area contributed by atoms with Gasteiger partial charge in [-0.1, -0.05) is 60.7 Å². The minimum absolute atomic E-state index is 0.0328. The van der Waals surface area contributed by atoms with E-state index in [-0.39, 0.29) is 42.8 Å². The topological polar surface area (TPSA) is 58.4 Å². The third kappa shape index (κ3) is 7.04. The zero-order chi connectivity index (χ0) is 26.4. The van der Waals surface area contributed by atoms with Crippen molar-refractivity contribution in [2.24, 2.45) is 0 Å². The quantitative estimate of drug-likeness (QED) is 0.260. The van der Waals surface area contributed by atoms with Crippen molar-refractivity contribution in [2.45, 2.75) is 38.8 Å². The van der Waals surface area contributed by atoms with Crippen molar-refractivity contribution in [1.29, 1.82) is 0 Å². The summed E-state index contributed by atoms with van der Waals surface area (Å²) in [4.78, 5) is 18.6. The zero-order valence-corrected chi connectivity index (χ0v) is 20.0. The van der Waals surface area contributed by atoms with E-state index >= 15 is 0 Å². The molecule has 0 aliphatic rings. The average molecular weight is 512 g/mol. The molecule has 1 amide bonds. The average Bonchev–Trinajstić information content (AvgIpc) is 3.34. The molecule has 5 nitrogen and oxygen atoms in total. The number of amides is 1. The smallest absolute Gasteiger partial charge is 0.416 e. The van der Waals surface area contributed by atoms with Crippen LogP contribution in [0.15, 0.2) is 89.5 Å². The number of hydrogen-bond acceptors (Lipinski definition) is 4. The predicted molar refractivity (Wildman–Crippen MR) is 130 cm³/mol. The Kier molecular flexibility index (Phi) is 8.03. The standard InChI is InChI=1S/C28H25F4N3O2/c1-19(21-7-3-2-4-8-21)33-27(36)25-18-37-26(34-25)17-35(15-20-11-13-23(29)14-12-20)16-22-9-5-6-10-24(22)28(30,31)32/h2-14,18-19H,15-17H2,1H3,(H,33,36). The second-order valence-corrected chi connectivity index (χ2v) is 8.66. The van der Waals surface area contributed by atoms with Crippen LogP contribution >= 0.6 is 0 Å². The number of oxazole rings is 1. The van der Waals surface area contributed by atoms with E-state index in [9.17, 15) is 22.4 Å². The van der Waals surface area contributed by atoms with Gasteiger partial charge < -0.3 is 9.73 Å². The van der Waals surface area contributed by atoms with Crippen LogP contribution in [0.5, 0.6) is 0 Å². The number of halogens is 4. The summed E-state index contributed by atoms with van der Waals surface area (Å²) in [5, 5.41) is 2.85. The lowest BCUT2D eigenvalue weighted by molar-refractivity contribution is -0.138. The summed E-state index contributed by atoms with van der Waals surface area (Å²) >= 11 is 0. The Balaban J connectivity index is 1.52. The maximum absolute atomic E-state index is 13.6. The van der Waals surface area contributed by atoms with Crippen molar-refractivity contribution in [3.05, 3.63) is 125 Å². The Morgan fingerprint density at radius 3 is 2.32 bits per heavy atom. The van der Waals surface area contributed by atoms with Gasteiger partial charge in [0.15, 0.2) is 5.69 Å². The number of rotatable bonds is 9. The molecule has 1 atom stereocenters. The number of carbonyl (C=O) groups is 1. The summed E-state index contributed by atoms with van der Waals surface area (Å²) in [6.45, 7) is 2.02. The number of aromatic nitrogens is 1. The van der Waals surface area contributed by atoms with Gasteiger partial charge in [0.2, 0.25) is 5.89 Å². The van der Waals surface area contributed by atoms with Gasteiger partial charge in [-0.15, -0.1) is 0 Å². The molecule has 4 rings (SSSR count).